The molecule has 0 saturated heterocycles. The SMILES string of the molecule is Nc1c(C(=O)NCCNC(=O)c2nnn(-c3ccccc3)c2N)nnn1-c1ccccc1. The summed E-state index contributed by atoms with van der Waals surface area (Å²) in [6, 6.07) is 18.2. The molecule has 0 bridgehead atoms. The molecule has 12 heteroatoms. The molecule has 0 radical (unpaired) electrons. The Kier molecular flexibility index (Phi) is 5.74. The first-order valence-corrected chi connectivity index (χ1v) is 9.66. The van der Waals surface area contributed by atoms with Crippen LogP contribution in [0.5, 0.6) is 0 Å². The van der Waals surface area contributed by atoms with Crippen LogP contribution in [0.1, 0.15) is 21.0 Å². The Morgan fingerprint density at radius 3 is 1.44 bits per heavy atom. The first-order valence-electron chi connectivity index (χ1n) is 9.66. The van der Waals surface area contributed by atoms with Crippen LogP contribution in [0, 0.1) is 0 Å². The maximum atomic E-state index is 12.4. The summed E-state index contributed by atoms with van der Waals surface area (Å²) >= 11 is 0. The molecule has 0 saturated carbocycles. The van der Waals surface area contributed by atoms with E-state index in [1.54, 1.807) is 24.3 Å². The Bertz CT molecular complexity index is 1140. The second-order valence-corrected chi connectivity index (χ2v) is 6.65. The molecule has 4 aromatic rings. The number of benzene rings is 2. The van der Waals surface area contributed by atoms with Crippen molar-refractivity contribution in [3.8, 4) is 11.4 Å². The van der Waals surface area contributed by atoms with Crippen LogP contribution >= 0.6 is 0 Å². The third kappa shape index (κ3) is 4.09. The highest BCUT2D eigenvalue weighted by atomic mass is 16.2. The molecule has 0 aliphatic carbocycles. The second-order valence-electron chi connectivity index (χ2n) is 6.65. The number of amides is 2. The number of para-hydroxylation sites is 2. The fourth-order valence-corrected chi connectivity index (χ4v) is 2.94. The molecule has 162 valence electrons. The van der Waals surface area contributed by atoms with E-state index in [0.29, 0.717) is 11.4 Å². The Labute approximate surface area is 182 Å². The van der Waals surface area contributed by atoms with E-state index in [1.165, 1.54) is 9.36 Å². The van der Waals surface area contributed by atoms with Gasteiger partial charge in [0.2, 0.25) is 0 Å². The fraction of sp³-hybridized carbons (Fsp3) is 0.100. The molecule has 4 rings (SSSR count). The number of carbonyl (C=O) groups is 2. The molecule has 2 aromatic carbocycles. The van der Waals surface area contributed by atoms with E-state index >= 15 is 0 Å². The molecule has 2 amide bonds. The minimum atomic E-state index is -0.506. The maximum Gasteiger partial charge on any atom is 0.275 e. The van der Waals surface area contributed by atoms with Gasteiger partial charge in [-0.3, -0.25) is 9.59 Å². The predicted octanol–water partition coefficient (Wildman–Crippen LogP) is 0.172. The van der Waals surface area contributed by atoms with E-state index in [-0.39, 0.29) is 36.1 Å². The van der Waals surface area contributed by atoms with Crippen molar-refractivity contribution in [1.82, 2.24) is 40.6 Å². The fourth-order valence-electron chi connectivity index (χ4n) is 2.94. The standard InChI is InChI=1S/C20H20N10O2/c21-17-15(25-27-29(17)13-7-3-1-4-8-13)19(31)23-11-12-24-20(32)16-18(22)30(28-26-16)14-9-5-2-6-10-14/h1-10H,11-12,21-22H2,(H,23,31)(H,24,32). The van der Waals surface area contributed by atoms with Crippen LogP contribution in [0.25, 0.3) is 11.4 Å². The minimum Gasteiger partial charge on any atom is -0.382 e. The van der Waals surface area contributed by atoms with Crippen molar-refractivity contribution < 1.29 is 9.59 Å². The average Bonchev–Trinajstić information content (AvgIpc) is 3.40. The van der Waals surface area contributed by atoms with Crippen LogP contribution in [0.2, 0.25) is 0 Å². The predicted molar refractivity (Wildman–Crippen MR) is 116 cm³/mol. The van der Waals surface area contributed by atoms with Crippen molar-refractivity contribution >= 4 is 23.5 Å². The summed E-state index contributed by atoms with van der Waals surface area (Å²) in [6.45, 7) is 0.268. The van der Waals surface area contributed by atoms with Crippen molar-refractivity contribution in [2.45, 2.75) is 0 Å². The molecular weight excluding hydrogens is 412 g/mol. The number of hydrogen-bond acceptors (Lipinski definition) is 8. The average molecular weight is 432 g/mol. The Balaban J connectivity index is 1.31. The highest BCUT2D eigenvalue weighted by Gasteiger charge is 2.20. The molecule has 0 aliphatic heterocycles. The zero-order valence-electron chi connectivity index (χ0n) is 16.8. The minimum absolute atomic E-state index is 0.00442. The molecule has 2 heterocycles. The van der Waals surface area contributed by atoms with E-state index in [4.69, 9.17) is 11.5 Å². The van der Waals surface area contributed by atoms with E-state index < -0.39 is 11.8 Å². The van der Waals surface area contributed by atoms with Crippen molar-refractivity contribution in [1.29, 1.82) is 0 Å². The number of rotatable bonds is 7. The number of aromatic nitrogens is 6. The quantitative estimate of drug-likeness (QED) is 0.299. The third-order valence-corrected chi connectivity index (χ3v) is 4.54. The molecular formula is C20H20N10O2. The largest absolute Gasteiger partial charge is 0.382 e. The molecule has 12 nitrogen and oxygen atoms in total. The summed E-state index contributed by atoms with van der Waals surface area (Å²) in [5.74, 6) is -0.784. The van der Waals surface area contributed by atoms with Crippen LogP contribution in [-0.4, -0.2) is 54.9 Å². The third-order valence-electron chi connectivity index (χ3n) is 4.54. The number of nitrogen functional groups attached to an aromatic ring is 2. The molecule has 0 atom stereocenters. The molecule has 6 N–H and O–H groups in total. The first-order chi connectivity index (χ1) is 15.6. The number of nitrogens with two attached hydrogens (primary N) is 2. The molecule has 2 aromatic heterocycles. The lowest BCUT2D eigenvalue weighted by atomic mass is 10.3. The van der Waals surface area contributed by atoms with E-state index in [2.05, 4.69) is 31.3 Å². The molecule has 0 unspecified atom stereocenters. The lowest BCUT2D eigenvalue weighted by Gasteiger charge is -2.06. The van der Waals surface area contributed by atoms with Gasteiger partial charge >= 0.3 is 0 Å². The Morgan fingerprint density at radius 1 is 0.688 bits per heavy atom. The summed E-state index contributed by atoms with van der Waals surface area (Å²) in [4.78, 5) is 24.7. The smallest absolute Gasteiger partial charge is 0.275 e. The van der Waals surface area contributed by atoms with E-state index in [1.807, 2.05) is 36.4 Å². The van der Waals surface area contributed by atoms with Crippen molar-refractivity contribution in [3.05, 3.63) is 72.1 Å². The zero-order valence-corrected chi connectivity index (χ0v) is 16.8. The maximum absolute atomic E-state index is 12.4. The van der Waals surface area contributed by atoms with Gasteiger partial charge in [-0.1, -0.05) is 46.8 Å². The Hall–Kier alpha value is -4.74. The van der Waals surface area contributed by atoms with Gasteiger partial charge in [-0.05, 0) is 24.3 Å². The number of anilines is 2. The van der Waals surface area contributed by atoms with Crippen LogP contribution in [0.4, 0.5) is 11.6 Å². The number of hydrogen-bond donors (Lipinski definition) is 4. The van der Waals surface area contributed by atoms with Crippen molar-refractivity contribution in [2.75, 3.05) is 24.6 Å². The highest BCUT2D eigenvalue weighted by Crippen LogP contribution is 2.15. The first kappa shape index (κ1) is 20.5. The number of nitrogens with one attached hydrogen (secondary N) is 2. The van der Waals surface area contributed by atoms with Gasteiger partial charge in [0.1, 0.15) is 0 Å². The lowest BCUT2D eigenvalue weighted by molar-refractivity contribution is 0.0923. The molecule has 0 spiro atoms. The topological polar surface area (TPSA) is 172 Å². The van der Waals surface area contributed by atoms with Gasteiger partial charge in [0, 0.05) is 13.1 Å². The molecule has 32 heavy (non-hydrogen) atoms. The summed E-state index contributed by atoms with van der Waals surface area (Å²) in [7, 11) is 0. The second kappa shape index (κ2) is 8.95. The molecule has 0 aliphatic rings. The van der Waals surface area contributed by atoms with Crippen LogP contribution in [-0.2, 0) is 0 Å². The van der Waals surface area contributed by atoms with E-state index in [0.717, 1.165) is 0 Å². The number of carbonyl (C=O) groups excluding carboxylic acids is 2. The van der Waals surface area contributed by atoms with Gasteiger partial charge in [0.25, 0.3) is 11.8 Å². The van der Waals surface area contributed by atoms with Gasteiger partial charge in [-0.25, -0.2) is 0 Å². The summed E-state index contributed by atoms with van der Waals surface area (Å²) in [5, 5.41) is 20.8. The normalized spacial score (nSPS) is 10.6. The summed E-state index contributed by atoms with van der Waals surface area (Å²) in [5.41, 5.74) is 13.4. The van der Waals surface area contributed by atoms with E-state index in [9.17, 15) is 9.59 Å². The van der Waals surface area contributed by atoms with Gasteiger partial charge in [0.15, 0.2) is 23.0 Å². The van der Waals surface area contributed by atoms with Gasteiger partial charge < -0.3 is 22.1 Å². The lowest BCUT2D eigenvalue weighted by Crippen LogP contribution is -2.35. The van der Waals surface area contributed by atoms with Gasteiger partial charge in [-0.2, -0.15) is 9.36 Å². The molecule has 0 fully saturated rings. The number of nitrogens with zero attached hydrogens (tertiary/aromatic N) is 6. The summed E-state index contributed by atoms with van der Waals surface area (Å²) in [6.07, 6.45) is 0. The van der Waals surface area contributed by atoms with Crippen LogP contribution < -0.4 is 22.1 Å². The van der Waals surface area contributed by atoms with Gasteiger partial charge in [-0.15, -0.1) is 10.2 Å². The highest BCUT2D eigenvalue weighted by molar-refractivity contribution is 5.97. The van der Waals surface area contributed by atoms with Crippen molar-refractivity contribution in [3.63, 3.8) is 0 Å². The van der Waals surface area contributed by atoms with Gasteiger partial charge in [0.05, 0.1) is 11.4 Å². The van der Waals surface area contributed by atoms with Crippen LogP contribution in [0.3, 0.4) is 0 Å². The van der Waals surface area contributed by atoms with Crippen LogP contribution in [0.15, 0.2) is 60.7 Å². The summed E-state index contributed by atoms with van der Waals surface area (Å²) < 4.78 is 2.74. The van der Waals surface area contributed by atoms with Crippen molar-refractivity contribution in [2.24, 2.45) is 0 Å². The zero-order chi connectivity index (χ0) is 22.5. The monoisotopic (exact) mass is 432 g/mol. The Morgan fingerprint density at radius 2 is 1.06 bits per heavy atom.